The van der Waals surface area contributed by atoms with Gasteiger partial charge in [-0.1, -0.05) is 39.6 Å². The van der Waals surface area contributed by atoms with Gasteiger partial charge in [-0.2, -0.15) is 0 Å². The minimum Gasteiger partial charge on any atom is -0.387 e. The predicted molar refractivity (Wildman–Crippen MR) is 125 cm³/mol. The summed E-state index contributed by atoms with van der Waals surface area (Å²) in [5, 5.41) is 21.8. The molecule has 0 aromatic carbocycles. The molecule has 2 aromatic rings. The molecule has 1 fully saturated rings. The first-order valence-electron chi connectivity index (χ1n) is 11.9. The summed E-state index contributed by atoms with van der Waals surface area (Å²) in [6.45, 7) is 9.39. The zero-order valence-corrected chi connectivity index (χ0v) is 21.6. The van der Waals surface area contributed by atoms with Crippen molar-refractivity contribution < 1.29 is 33.5 Å². The van der Waals surface area contributed by atoms with Gasteiger partial charge in [0.2, 0.25) is 11.7 Å². The molecule has 11 nitrogen and oxygen atoms in total. The molecular weight excluding hydrogens is 463 g/mol. The van der Waals surface area contributed by atoms with Gasteiger partial charge >= 0.3 is 13.2 Å². The molecule has 6 unspecified atom stereocenters. The van der Waals surface area contributed by atoms with E-state index in [4.69, 9.17) is 9.26 Å². The minimum atomic E-state index is -3.95. The fraction of sp³-hybridized carbons (Fsp3) is 0.773. The van der Waals surface area contributed by atoms with Crippen LogP contribution < -0.4 is 10.1 Å². The summed E-state index contributed by atoms with van der Waals surface area (Å²) in [5.74, 6) is -0.162. The lowest BCUT2D eigenvalue weighted by Crippen LogP contribution is -2.46. The lowest BCUT2D eigenvalue weighted by Gasteiger charge is -2.41. The van der Waals surface area contributed by atoms with E-state index in [1.165, 1.54) is 10.9 Å². The van der Waals surface area contributed by atoms with E-state index in [1.54, 1.807) is 17.9 Å². The van der Waals surface area contributed by atoms with Gasteiger partial charge in [-0.15, -0.1) is 0 Å². The minimum absolute atomic E-state index is 0.111. The van der Waals surface area contributed by atoms with Crippen LogP contribution >= 0.6 is 7.60 Å². The first-order chi connectivity index (χ1) is 15.9. The number of fused-ring (bicyclic) bond motifs is 1. The Morgan fingerprint density at radius 3 is 2.50 bits per heavy atom. The molecule has 0 spiro atoms. The Balaban J connectivity index is 1.93. The molecule has 12 heteroatoms. The number of nitrogens with one attached hydrogen (secondary N) is 1. The molecule has 0 aliphatic carbocycles. The second-order valence-corrected chi connectivity index (χ2v) is 11.5. The number of hydrogen-bond donors (Lipinski definition) is 4. The van der Waals surface area contributed by atoms with Crippen molar-refractivity contribution in [2.45, 2.75) is 96.1 Å². The van der Waals surface area contributed by atoms with Crippen LogP contribution in [0.15, 0.2) is 17.4 Å². The summed E-state index contributed by atoms with van der Waals surface area (Å²) in [6.07, 6.45) is -0.0455. The maximum absolute atomic E-state index is 13.2. The normalized spacial score (nSPS) is 26.9. The largest absolute Gasteiger partial charge is 0.387 e. The summed E-state index contributed by atoms with van der Waals surface area (Å²) in [4.78, 5) is 29.8. The van der Waals surface area contributed by atoms with E-state index in [-0.39, 0.29) is 17.9 Å². The van der Waals surface area contributed by atoms with Crippen LogP contribution in [0, 0.1) is 5.92 Å². The van der Waals surface area contributed by atoms with Crippen LogP contribution in [0.2, 0.25) is 0 Å². The average Bonchev–Trinajstić information content (AvgIpc) is 3.25. The van der Waals surface area contributed by atoms with Crippen molar-refractivity contribution in [3.8, 4) is 0 Å². The third-order valence-corrected chi connectivity index (χ3v) is 9.51. The number of ether oxygens (including phenoxy) is 1. The fourth-order valence-electron chi connectivity index (χ4n) is 4.92. The van der Waals surface area contributed by atoms with Gasteiger partial charge < -0.3 is 24.4 Å². The Kier molecular flexibility index (Phi) is 8.06. The number of hydrogen-bond acceptors (Lipinski definition) is 7. The molecule has 4 N–H and O–H groups in total. The van der Waals surface area contributed by atoms with Crippen molar-refractivity contribution in [3.63, 3.8) is 0 Å². The van der Waals surface area contributed by atoms with Gasteiger partial charge in [-0.3, -0.25) is 18.9 Å². The highest BCUT2D eigenvalue weighted by atomic mass is 31.2. The van der Waals surface area contributed by atoms with Crippen molar-refractivity contribution in [1.82, 2.24) is 14.5 Å². The Morgan fingerprint density at radius 2 is 1.94 bits per heavy atom. The van der Waals surface area contributed by atoms with Gasteiger partial charge in [0.05, 0.1) is 24.4 Å². The van der Waals surface area contributed by atoms with E-state index < -0.39 is 43.4 Å². The Bertz CT molecular complexity index is 1100. The molecule has 0 bridgehead atoms. The number of aryl methyl sites for hydroxylation is 1. The maximum atomic E-state index is 13.2. The molecule has 6 atom stereocenters. The molecule has 0 amide bonds. The van der Waals surface area contributed by atoms with E-state index in [0.717, 1.165) is 0 Å². The highest BCUT2D eigenvalue weighted by molar-refractivity contribution is 7.53. The van der Waals surface area contributed by atoms with Crippen LogP contribution in [-0.2, 0) is 20.9 Å². The van der Waals surface area contributed by atoms with E-state index in [1.807, 2.05) is 34.6 Å². The average molecular weight is 502 g/mol. The van der Waals surface area contributed by atoms with Crippen LogP contribution in [0.5, 0.6) is 0 Å². The van der Waals surface area contributed by atoms with Crippen molar-refractivity contribution in [3.05, 3.63) is 23.0 Å². The van der Waals surface area contributed by atoms with E-state index in [2.05, 4.69) is 9.97 Å². The Labute approximate surface area is 199 Å². The van der Waals surface area contributed by atoms with Crippen molar-refractivity contribution in [1.29, 1.82) is 0 Å². The molecule has 34 heavy (non-hydrogen) atoms. The quantitative estimate of drug-likeness (QED) is 0.284. The van der Waals surface area contributed by atoms with Crippen molar-refractivity contribution >= 4 is 18.8 Å². The number of rotatable bonds is 10. The maximum Gasteiger partial charge on any atom is 0.331 e. The van der Waals surface area contributed by atoms with Gasteiger partial charge in [0.15, 0.2) is 12.7 Å². The first-order valence-corrected chi connectivity index (χ1v) is 13.6. The highest BCUT2D eigenvalue weighted by Gasteiger charge is 2.52. The molecule has 3 rings (SSSR count). The van der Waals surface area contributed by atoms with Crippen LogP contribution in [0.4, 0.5) is 0 Å². The van der Waals surface area contributed by atoms with Crippen molar-refractivity contribution in [2.75, 3.05) is 0 Å². The fourth-order valence-corrected chi connectivity index (χ4v) is 6.93. The zero-order chi connectivity index (χ0) is 25.4. The van der Waals surface area contributed by atoms with Gasteiger partial charge in [-0.25, -0.2) is 4.57 Å². The van der Waals surface area contributed by atoms with Crippen LogP contribution in [0.1, 0.15) is 66.5 Å². The molecular formula is C22H38N4O7P+. The zero-order valence-electron chi connectivity index (χ0n) is 20.7. The summed E-state index contributed by atoms with van der Waals surface area (Å²) >= 11 is 0. The van der Waals surface area contributed by atoms with E-state index in [9.17, 15) is 24.5 Å². The van der Waals surface area contributed by atoms with Crippen LogP contribution in [0.3, 0.4) is 0 Å². The topological polar surface area (TPSA) is 151 Å². The molecule has 192 valence electrons. The number of aromatic amines is 1. The van der Waals surface area contributed by atoms with Crippen molar-refractivity contribution in [2.24, 2.45) is 13.0 Å². The summed E-state index contributed by atoms with van der Waals surface area (Å²) in [6, 6.07) is 0. The highest BCUT2D eigenvalue weighted by Crippen LogP contribution is 2.56. The molecule has 1 aliphatic rings. The van der Waals surface area contributed by atoms with E-state index in [0.29, 0.717) is 30.4 Å². The third-order valence-electron chi connectivity index (χ3n) is 7.23. The first kappa shape index (κ1) is 27.0. The Hall–Kier alpha value is -1.62. The SMILES string of the molecule is CCC(CC)P(=O)(O)OC(CC)(CC1OC([n+]2cn(C)c3c(=O)[nH]cnc32)C(O)C1O)C(C)C. The Morgan fingerprint density at radius 1 is 1.29 bits per heavy atom. The third kappa shape index (κ3) is 4.74. The number of aliphatic hydroxyl groups is 2. The van der Waals surface area contributed by atoms with Crippen LogP contribution in [0.25, 0.3) is 11.2 Å². The van der Waals surface area contributed by atoms with Crippen LogP contribution in [-0.4, -0.2) is 59.2 Å². The second kappa shape index (κ2) is 10.2. The molecule has 2 aromatic heterocycles. The molecule has 3 heterocycles. The molecule has 0 saturated carbocycles. The number of imidazole rings is 1. The van der Waals surface area contributed by atoms with Gasteiger partial charge in [0.1, 0.15) is 12.2 Å². The number of H-pyrrole nitrogens is 1. The summed E-state index contributed by atoms with van der Waals surface area (Å²) < 4.78 is 28.4. The smallest absolute Gasteiger partial charge is 0.331 e. The molecule has 0 radical (unpaired) electrons. The number of aliphatic hydroxyl groups excluding tert-OH is 2. The summed E-state index contributed by atoms with van der Waals surface area (Å²) in [7, 11) is -2.27. The standard InChI is InChI=1S/C22H37N4O7P/c1-7-14(8-2)34(30,31)33-22(9-3,13(4)5)10-15-17(27)18(28)21(32-15)26-12-25(6)16-19(26)23-11-24-20(16)29/h11-15,17-18,21,27-28H,7-10H2,1-6H3,(H-,23,24,29,30,31)/p+1. The van der Waals surface area contributed by atoms with Gasteiger partial charge in [0, 0.05) is 6.42 Å². The lowest BCUT2D eigenvalue weighted by atomic mass is 9.82. The van der Waals surface area contributed by atoms with E-state index >= 15 is 0 Å². The number of aromatic nitrogens is 4. The molecule has 1 saturated heterocycles. The lowest BCUT2D eigenvalue weighted by molar-refractivity contribution is -0.746. The second-order valence-electron chi connectivity index (χ2n) is 9.49. The molecule has 1 aliphatic heterocycles. The van der Waals surface area contributed by atoms with Gasteiger partial charge in [0.25, 0.3) is 5.56 Å². The van der Waals surface area contributed by atoms with Gasteiger partial charge in [-0.05, 0) is 25.2 Å². The monoisotopic (exact) mass is 501 g/mol. The predicted octanol–water partition coefficient (Wildman–Crippen LogP) is 1.75. The summed E-state index contributed by atoms with van der Waals surface area (Å²) in [5.41, 5.74) is -1.27. The number of nitrogens with zero attached hydrogens (tertiary/aromatic N) is 3.